The summed E-state index contributed by atoms with van der Waals surface area (Å²) in [6.07, 6.45) is 4.89. The van der Waals surface area contributed by atoms with Gasteiger partial charge in [0.05, 0.1) is 12.7 Å². The normalized spacial score (nSPS) is 27.8. The number of hydrogen-bond acceptors (Lipinski definition) is 5. The first-order valence-electron chi connectivity index (χ1n) is 16.0. The Labute approximate surface area is 258 Å². The first-order valence-corrected chi connectivity index (χ1v) is 17.9. The molecule has 6 rings (SSSR count). The zero-order chi connectivity index (χ0) is 29.9. The van der Waals surface area contributed by atoms with Gasteiger partial charge in [0, 0.05) is 31.0 Å². The number of fused-ring (bicyclic) bond motifs is 1. The Balaban J connectivity index is 1.39. The second-order valence-corrected chi connectivity index (χ2v) is 18.1. The highest BCUT2D eigenvalue weighted by molar-refractivity contribution is 6.99. The molecule has 3 fully saturated rings. The van der Waals surface area contributed by atoms with Gasteiger partial charge in [-0.3, -0.25) is 4.79 Å². The first-order chi connectivity index (χ1) is 20.8. The summed E-state index contributed by atoms with van der Waals surface area (Å²) in [5.74, 6) is 0.0307. The number of carbonyl (C=O) groups is 1. The van der Waals surface area contributed by atoms with E-state index in [0.717, 1.165) is 38.7 Å². The number of benzene rings is 3. The largest absolute Gasteiger partial charge is 0.465 e. The molecule has 1 aliphatic carbocycles. The minimum absolute atomic E-state index is 0.0451. The van der Waals surface area contributed by atoms with E-state index in [1.165, 1.54) is 15.9 Å². The average molecular weight is 599 g/mol. The van der Waals surface area contributed by atoms with Gasteiger partial charge < -0.3 is 18.6 Å². The van der Waals surface area contributed by atoms with Crippen molar-refractivity contribution in [2.45, 2.75) is 76.7 Å². The Kier molecular flexibility index (Phi) is 8.93. The molecule has 6 heteroatoms. The number of rotatable bonds is 9. The smallest absolute Gasteiger partial charge is 0.306 e. The Morgan fingerprint density at radius 1 is 0.884 bits per heavy atom. The number of cyclic esters (lactones) is 1. The molecule has 0 amide bonds. The molecule has 3 aromatic rings. The van der Waals surface area contributed by atoms with Gasteiger partial charge >= 0.3 is 5.97 Å². The molecule has 0 bridgehead atoms. The predicted octanol–water partition coefficient (Wildman–Crippen LogP) is 6.29. The van der Waals surface area contributed by atoms with Gasteiger partial charge in [-0.2, -0.15) is 0 Å². The van der Waals surface area contributed by atoms with Gasteiger partial charge in [0.15, 0.2) is 6.29 Å². The van der Waals surface area contributed by atoms with Gasteiger partial charge in [-0.15, -0.1) is 0 Å². The van der Waals surface area contributed by atoms with E-state index in [1.807, 2.05) is 0 Å². The topological polar surface area (TPSA) is 54.0 Å². The summed E-state index contributed by atoms with van der Waals surface area (Å²) in [7, 11) is -2.77. The van der Waals surface area contributed by atoms with Crippen molar-refractivity contribution in [1.82, 2.24) is 0 Å². The van der Waals surface area contributed by atoms with Crippen LogP contribution in [0.4, 0.5) is 0 Å². The van der Waals surface area contributed by atoms with Crippen LogP contribution in [0.25, 0.3) is 0 Å². The lowest BCUT2D eigenvalue weighted by Gasteiger charge is -2.45. The molecule has 0 spiro atoms. The van der Waals surface area contributed by atoms with Crippen LogP contribution in [0.1, 0.15) is 58.4 Å². The van der Waals surface area contributed by atoms with Gasteiger partial charge in [-0.25, -0.2) is 0 Å². The van der Waals surface area contributed by atoms with E-state index in [2.05, 4.69) is 112 Å². The van der Waals surface area contributed by atoms with Crippen LogP contribution in [0.5, 0.6) is 0 Å². The second-order valence-electron chi connectivity index (χ2n) is 13.8. The van der Waals surface area contributed by atoms with Crippen LogP contribution in [0, 0.1) is 17.3 Å². The van der Waals surface area contributed by atoms with Crippen LogP contribution >= 0.6 is 0 Å². The van der Waals surface area contributed by atoms with E-state index < -0.39 is 8.32 Å². The number of carbonyl (C=O) groups excluding carboxylic acids is 1. The number of hydrogen-bond donors (Lipinski definition) is 0. The summed E-state index contributed by atoms with van der Waals surface area (Å²) < 4.78 is 26.3. The quantitative estimate of drug-likeness (QED) is 0.214. The molecule has 2 saturated heterocycles. The summed E-state index contributed by atoms with van der Waals surface area (Å²) >= 11 is 0. The molecule has 0 N–H and O–H groups in total. The van der Waals surface area contributed by atoms with Crippen molar-refractivity contribution < 1.29 is 23.4 Å². The minimum Gasteiger partial charge on any atom is -0.465 e. The van der Waals surface area contributed by atoms with Crippen LogP contribution in [0.3, 0.4) is 0 Å². The highest BCUT2D eigenvalue weighted by Crippen LogP contribution is 2.55. The van der Waals surface area contributed by atoms with Crippen molar-refractivity contribution >= 4 is 24.7 Å². The third kappa shape index (κ3) is 6.12. The van der Waals surface area contributed by atoms with E-state index in [1.54, 1.807) is 0 Å². The zero-order valence-electron chi connectivity index (χ0n) is 25.9. The van der Waals surface area contributed by atoms with Gasteiger partial charge in [0.2, 0.25) is 0 Å². The molecule has 0 aromatic heterocycles. The van der Waals surface area contributed by atoms with Crippen molar-refractivity contribution in [2.24, 2.45) is 17.3 Å². The predicted molar refractivity (Wildman–Crippen MR) is 172 cm³/mol. The summed E-state index contributed by atoms with van der Waals surface area (Å²) in [4.78, 5) is 12.9. The molecule has 0 radical (unpaired) electrons. The van der Waals surface area contributed by atoms with Crippen LogP contribution < -0.4 is 10.4 Å². The van der Waals surface area contributed by atoms with E-state index in [4.69, 9.17) is 18.6 Å². The molecule has 2 heterocycles. The molecular formula is C37H46O5Si. The summed E-state index contributed by atoms with van der Waals surface area (Å²) in [6, 6.07) is 32.2. The lowest BCUT2D eigenvalue weighted by molar-refractivity contribution is -0.197. The van der Waals surface area contributed by atoms with Crippen molar-refractivity contribution in [2.75, 3.05) is 19.8 Å². The maximum atomic E-state index is 12.9. The van der Waals surface area contributed by atoms with Crippen molar-refractivity contribution in [1.29, 1.82) is 0 Å². The van der Waals surface area contributed by atoms with Gasteiger partial charge in [-0.05, 0) is 59.0 Å². The summed E-state index contributed by atoms with van der Waals surface area (Å²) in [6.45, 7) is 8.63. The molecule has 5 nitrogen and oxygen atoms in total. The Bertz CT molecular complexity index is 1300. The van der Waals surface area contributed by atoms with E-state index in [-0.39, 0.29) is 40.7 Å². The summed E-state index contributed by atoms with van der Waals surface area (Å²) in [5, 5.41) is 2.39. The molecular weight excluding hydrogens is 552 g/mol. The monoisotopic (exact) mass is 598 g/mol. The molecule has 1 unspecified atom stereocenters. The van der Waals surface area contributed by atoms with Crippen molar-refractivity contribution in [3.05, 3.63) is 96.6 Å². The lowest BCUT2D eigenvalue weighted by Crippen LogP contribution is -2.67. The SMILES string of the molecule is CC(C)(C)[Si](OC[C@@H]1[C@H]2CC(=O)OC[C@@]2(Cc2ccccc2)C[C@H]1OC1CCCCO1)(c1ccccc1)c1ccccc1. The van der Waals surface area contributed by atoms with E-state index >= 15 is 0 Å². The zero-order valence-corrected chi connectivity index (χ0v) is 26.9. The number of ether oxygens (including phenoxy) is 3. The van der Waals surface area contributed by atoms with Gasteiger partial charge in [0.1, 0.15) is 0 Å². The first kappa shape index (κ1) is 30.3. The lowest BCUT2D eigenvalue weighted by atomic mass is 9.69. The van der Waals surface area contributed by atoms with Gasteiger partial charge in [-0.1, -0.05) is 112 Å². The minimum atomic E-state index is -2.77. The van der Waals surface area contributed by atoms with E-state index in [0.29, 0.717) is 19.6 Å². The highest BCUT2D eigenvalue weighted by Gasteiger charge is 2.59. The van der Waals surface area contributed by atoms with Crippen LogP contribution in [-0.4, -0.2) is 46.5 Å². The average Bonchev–Trinajstić information content (AvgIpc) is 3.30. The maximum Gasteiger partial charge on any atom is 0.306 e. The number of esters is 1. The highest BCUT2D eigenvalue weighted by atomic mass is 28.4. The van der Waals surface area contributed by atoms with Crippen molar-refractivity contribution in [3.8, 4) is 0 Å². The van der Waals surface area contributed by atoms with Crippen molar-refractivity contribution in [3.63, 3.8) is 0 Å². The fourth-order valence-corrected chi connectivity index (χ4v) is 12.6. The van der Waals surface area contributed by atoms with Crippen LogP contribution in [0.2, 0.25) is 5.04 Å². The van der Waals surface area contributed by atoms with Crippen LogP contribution in [0.15, 0.2) is 91.0 Å². The third-order valence-electron chi connectivity index (χ3n) is 10.1. The fraction of sp³-hybridized carbons (Fsp3) is 0.486. The fourth-order valence-electron chi connectivity index (χ4n) is 8.04. The Morgan fingerprint density at radius 3 is 2.09 bits per heavy atom. The van der Waals surface area contributed by atoms with E-state index in [9.17, 15) is 4.79 Å². The standard InChI is InChI=1S/C37H46O5Si/c1-36(2,3)43(29-17-9-5-10-18-29,30-19-11-6-12-20-30)41-26-31-32-23-34(38)40-27-37(32,24-28-15-7-4-8-16-28)25-33(31)42-35-21-13-14-22-39-35/h4-12,15-20,31-33,35H,13-14,21-27H2,1-3H3/t31-,32-,33-,35?,37-/m1/s1. The molecule has 43 heavy (non-hydrogen) atoms. The summed E-state index contributed by atoms with van der Waals surface area (Å²) in [5.41, 5.74) is 1.07. The second kappa shape index (κ2) is 12.7. The molecule has 3 aliphatic rings. The van der Waals surface area contributed by atoms with Crippen LogP contribution in [-0.2, 0) is 29.9 Å². The Morgan fingerprint density at radius 2 is 1.51 bits per heavy atom. The molecule has 3 aromatic carbocycles. The molecule has 1 saturated carbocycles. The molecule has 2 aliphatic heterocycles. The third-order valence-corrected chi connectivity index (χ3v) is 15.1. The van der Waals surface area contributed by atoms with Gasteiger partial charge in [0.25, 0.3) is 8.32 Å². The maximum absolute atomic E-state index is 12.9. The molecule has 228 valence electrons. The Hall–Kier alpha value is -2.77. The molecule has 5 atom stereocenters.